The highest BCUT2D eigenvalue weighted by atomic mass is 35.5. The third-order valence-corrected chi connectivity index (χ3v) is 3.09. The quantitative estimate of drug-likeness (QED) is 0.437. The van der Waals surface area contributed by atoms with Gasteiger partial charge in [-0.25, -0.2) is 13.2 Å². The summed E-state index contributed by atoms with van der Waals surface area (Å²) in [6.07, 6.45) is -3.72. The number of alkyl halides is 4. The summed E-state index contributed by atoms with van der Waals surface area (Å²) in [7, 11) is 0. The van der Waals surface area contributed by atoms with E-state index in [4.69, 9.17) is 17.4 Å². The third-order valence-electron chi connectivity index (χ3n) is 2.67. The van der Waals surface area contributed by atoms with Crippen LogP contribution in [-0.2, 0) is 11.2 Å². The van der Waals surface area contributed by atoms with Crippen molar-refractivity contribution in [1.82, 2.24) is 5.43 Å². The number of ether oxygens (including phenoxy) is 1. The van der Waals surface area contributed by atoms with E-state index in [1.807, 2.05) is 0 Å². The molecule has 0 fully saturated rings. The lowest BCUT2D eigenvalue weighted by Crippen LogP contribution is -2.42. The molecule has 0 aliphatic rings. The first-order valence-electron chi connectivity index (χ1n) is 5.90. The summed E-state index contributed by atoms with van der Waals surface area (Å²) in [6, 6.07) is 3.44. The van der Waals surface area contributed by atoms with E-state index >= 15 is 0 Å². The number of nitrogens with two attached hydrogens (primary N) is 1. The van der Waals surface area contributed by atoms with Gasteiger partial charge in [-0.05, 0) is 18.1 Å². The van der Waals surface area contributed by atoms with Crippen molar-refractivity contribution in [1.29, 1.82) is 0 Å². The predicted molar refractivity (Wildman–Crippen MR) is 68.0 cm³/mol. The molecule has 0 spiro atoms. The summed E-state index contributed by atoms with van der Waals surface area (Å²) in [4.78, 5) is 0. The van der Waals surface area contributed by atoms with Crippen molar-refractivity contribution in [3.05, 3.63) is 34.6 Å². The van der Waals surface area contributed by atoms with E-state index in [9.17, 15) is 22.0 Å². The van der Waals surface area contributed by atoms with Crippen LogP contribution in [-0.4, -0.2) is 31.6 Å². The van der Waals surface area contributed by atoms with Gasteiger partial charge in [0.1, 0.15) is 12.4 Å². The molecule has 1 unspecified atom stereocenters. The summed E-state index contributed by atoms with van der Waals surface area (Å²) in [5.41, 5.74) is 2.67. The van der Waals surface area contributed by atoms with Crippen molar-refractivity contribution in [2.75, 3.05) is 13.2 Å². The Morgan fingerprint density at radius 2 is 2.00 bits per heavy atom. The fourth-order valence-corrected chi connectivity index (χ4v) is 1.74. The van der Waals surface area contributed by atoms with Gasteiger partial charge in [0.05, 0.1) is 11.6 Å². The zero-order chi connectivity index (χ0) is 16.0. The molecule has 0 aliphatic carbocycles. The van der Waals surface area contributed by atoms with E-state index in [1.54, 1.807) is 0 Å². The van der Waals surface area contributed by atoms with E-state index < -0.39 is 30.8 Å². The number of hydrazine groups is 1. The average Bonchev–Trinajstić information content (AvgIpc) is 2.42. The van der Waals surface area contributed by atoms with Gasteiger partial charge in [0.25, 0.3) is 0 Å². The van der Waals surface area contributed by atoms with Crippen LogP contribution in [0.2, 0.25) is 5.02 Å². The van der Waals surface area contributed by atoms with Gasteiger partial charge in [-0.3, -0.25) is 11.3 Å². The third kappa shape index (κ3) is 5.39. The van der Waals surface area contributed by atoms with Crippen molar-refractivity contribution < 1.29 is 26.7 Å². The van der Waals surface area contributed by atoms with Gasteiger partial charge < -0.3 is 4.74 Å². The van der Waals surface area contributed by atoms with Crippen LogP contribution in [0.1, 0.15) is 5.56 Å². The second-order valence-corrected chi connectivity index (χ2v) is 4.74. The molecule has 0 saturated carbocycles. The molecule has 3 N–H and O–H groups in total. The maximum absolute atomic E-state index is 13.2. The molecule has 3 nitrogen and oxygen atoms in total. The van der Waals surface area contributed by atoms with Crippen LogP contribution in [0.4, 0.5) is 22.0 Å². The Balaban J connectivity index is 2.55. The second-order valence-electron chi connectivity index (χ2n) is 4.36. The largest absolute Gasteiger partial charge is 0.373 e. The lowest BCUT2D eigenvalue weighted by molar-refractivity contribution is -0.167. The number of benzene rings is 1. The van der Waals surface area contributed by atoms with Crippen molar-refractivity contribution in [3.8, 4) is 0 Å². The molecule has 1 aromatic carbocycles. The van der Waals surface area contributed by atoms with Gasteiger partial charge in [0.15, 0.2) is 0 Å². The average molecular weight is 333 g/mol. The smallest absolute Gasteiger partial charge is 0.330 e. The van der Waals surface area contributed by atoms with Crippen LogP contribution in [0.5, 0.6) is 0 Å². The van der Waals surface area contributed by atoms with E-state index in [-0.39, 0.29) is 18.1 Å². The Kier molecular flexibility index (Phi) is 6.79. The zero-order valence-corrected chi connectivity index (χ0v) is 11.5. The lowest BCUT2D eigenvalue weighted by Gasteiger charge is -2.20. The first-order chi connectivity index (χ1) is 9.77. The number of hydrogen-bond donors (Lipinski definition) is 2. The van der Waals surface area contributed by atoms with Gasteiger partial charge in [-0.15, -0.1) is 0 Å². The van der Waals surface area contributed by atoms with E-state index in [0.29, 0.717) is 5.56 Å². The van der Waals surface area contributed by atoms with E-state index in [1.165, 1.54) is 12.1 Å². The lowest BCUT2D eigenvalue weighted by atomic mass is 10.1. The van der Waals surface area contributed by atoms with Crippen LogP contribution in [0.15, 0.2) is 18.2 Å². The molecule has 21 heavy (non-hydrogen) atoms. The summed E-state index contributed by atoms with van der Waals surface area (Å²) in [5.74, 6) is 0.360. The van der Waals surface area contributed by atoms with Crippen molar-refractivity contribution in [2.24, 2.45) is 5.84 Å². The molecule has 0 bridgehead atoms. The monoisotopic (exact) mass is 332 g/mol. The Morgan fingerprint density at radius 1 is 1.33 bits per heavy atom. The normalized spacial score (nSPS) is 13.7. The van der Waals surface area contributed by atoms with Crippen LogP contribution in [0.3, 0.4) is 0 Å². The van der Waals surface area contributed by atoms with E-state index in [2.05, 4.69) is 10.2 Å². The molecule has 0 amide bonds. The van der Waals surface area contributed by atoms with Gasteiger partial charge in [0.2, 0.25) is 0 Å². The fraction of sp³-hybridized carbons (Fsp3) is 0.500. The molecule has 1 aromatic rings. The molecule has 0 radical (unpaired) electrons. The first kappa shape index (κ1) is 18.1. The van der Waals surface area contributed by atoms with Gasteiger partial charge >= 0.3 is 12.3 Å². The highest BCUT2D eigenvalue weighted by molar-refractivity contribution is 6.31. The standard InChI is InChI=1S/C12H14ClF5N2O/c13-10-7(2-1-3-9(10)14)4-8(20-19)5-21-6-12(17,18)11(15)16/h1-3,8,11,20H,4-6,19H2. The minimum atomic E-state index is -4.23. The Bertz CT molecular complexity index is 461. The summed E-state index contributed by atoms with van der Waals surface area (Å²) >= 11 is 5.74. The minimum Gasteiger partial charge on any atom is -0.373 e. The molecule has 1 atom stereocenters. The summed E-state index contributed by atoms with van der Waals surface area (Å²) < 4.78 is 66.9. The van der Waals surface area contributed by atoms with Crippen LogP contribution in [0.25, 0.3) is 0 Å². The number of halogens is 6. The molecule has 120 valence electrons. The molecule has 0 aliphatic heterocycles. The first-order valence-corrected chi connectivity index (χ1v) is 6.28. The SMILES string of the molecule is NNC(COCC(F)(F)C(F)F)Cc1cccc(F)c1Cl. The van der Waals surface area contributed by atoms with E-state index in [0.717, 1.165) is 6.07 Å². The topological polar surface area (TPSA) is 47.3 Å². The van der Waals surface area contributed by atoms with Crippen molar-refractivity contribution in [3.63, 3.8) is 0 Å². The highest BCUT2D eigenvalue weighted by Gasteiger charge is 2.41. The zero-order valence-electron chi connectivity index (χ0n) is 10.8. The van der Waals surface area contributed by atoms with Gasteiger partial charge in [-0.2, -0.15) is 8.78 Å². The molecular formula is C12H14ClF5N2O. The van der Waals surface area contributed by atoms with Gasteiger partial charge in [-0.1, -0.05) is 23.7 Å². The molecule has 0 heterocycles. The van der Waals surface area contributed by atoms with Crippen LogP contribution >= 0.6 is 11.6 Å². The highest BCUT2D eigenvalue weighted by Crippen LogP contribution is 2.23. The maximum atomic E-state index is 13.2. The molecule has 9 heteroatoms. The maximum Gasteiger partial charge on any atom is 0.330 e. The Labute approximate surface area is 123 Å². The van der Waals surface area contributed by atoms with Crippen molar-refractivity contribution in [2.45, 2.75) is 24.8 Å². The molecule has 0 aromatic heterocycles. The number of nitrogens with one attached hydrogen (secondary N) is 1. The summed E-state index contributed by atoms with van der Waals surface area (Å²) in [6.45, 7) is -1.79. The molecule has 1 rings (SSSR count). The Morgan fingerprint density at radius 3 is 2.57 bits per heavy atom. The molecular weight excluding hydrogens is 319 g/mol. The number of rotatable bonds is 8. The van der Waals surface area contributed by atoms with Crippen LogP contribution < -0.4 is 11.3 Å². The van der Waals surface area contributed by atoms with Gasteiger partial charge in [0, 0.05) is 6.04 Å². The predicted octanol–water partition coefficient (Wildman–Crippen LogP) is 2.77. The van der Waals surface area contributed by atoms with Crippen LogP contribution in [0, 0.1) is 5.82 Å². The minimum absolute atomic E-state index is 0.0906. The molecule has 0 saturated heterocycles. The summed E-state index contributed by atoms with van der Waals surface area (Å²) in [5, 5.41) is -0.115. The Hall–Kier alpha value is -0.960. The second kappa shape index (κ2) is 7.88. The number of hydrogen-bond acceptors (Lipinski definition) is 3. The fourth-order valence-electron chi connectivity index (χ4n) is 1.54. The van der Waals surface area contributed by atoms with Crippen molar-refractivity contribution >= 4 is 11.6 Å².